The molecular weight excluding hydrogens is 904 g/mol. The smallest absolute Gasteiger partial charge is 0.232 e. The number of rotatable bonds is 11. The van der Waals surface area contributed by atoms with Crippen LogP contribution in [0.5, 0.6) is 28.7 Å². The van der Waals surface area contributed by atoms with Crippen LogP contribution >= 0.6 is 11.6 Å². The molecule has 2 saturated heterocycles. The first-order chi connectivity index (χ1) is 32.2. The summed E-state index contributed by atoms with van der Waals surface area (Å²) in [6.45, 7) is 6.42. The summed E-state index contributed by atoms with van der Waals surface area (Å²) in [6, 6.07) is 47.3. The van der Waals surface area contributed by atoms with E-state index in [-0.39, 0.29) is 10.8 Å². The van der Waals surface area contributed by atoms with Gasteiger partial charge in [0.15, 0.2) is 11.5 Å². The SMILES string of the molecule is COc1ccccc1Oc1cccc(CN2CCC3(CC2)CN(S(C)(=O)=O)c2ccccc23)c1.CS(=O)(=O)N1CC2(CCN(Cc3cccc(Oc4ccccc4Cl)c3)CC2)c2ccccc21. The van der Waals surface area contributed by atoms with E-state index in [4.69, 9.17) is 25.8 Å². The van der Waals surface area contributed by atoms with Gasteiger partial charge in [-0.1, -0.05) is 96.5 Å². The van der Waals surface area contributed by atoms with Crippen molar-refractivity contribution >= 4 is 43.0 Å². The van der Waals surface area contributed by atoms with Gasteiger partial charge < -0.3 is 14.2 Å². The van der Waals surface area contributed by atoms with Crippen LogP contribution in [-0.2, 0) is 44.0 Å². The van der Waals surface area contributed by atoms with Gasteiger partial charge in [-0.15, -0.1) is 0 Å². The molecule has 0 aromatic heterocycles. The third-order valence-corrected chi connectivity index (χ3v) is 16.3. The predicted molar refractivity (Wildman–Crippen MR) is 267 cm³/mol. The van der Waals surface area contributed by atoms with Crippen molar-refractivity contribution in [1.29, 1.82) is 0 Å². The summed E-state index contributed by atoms with van der Waals surface area (Å²) in [5, 5.41) is 0.587. The van der Waals surface area contributed by atoms with Gasteiger partial charge in [-0.25, -0.2) is 16.8 Å². The maximum atomic E-state index is 12.4. The zero-order valence-electron chi connectivity index (χ0n) is 38.2. The van der Waals surface area contributed by atoms with Gasteiger partial charge >= 0.3 is 0 Å². The number of benzene rings is 6. The van der Waals surface area contributed by atoms with Crippen LogP contribution in [0.2, 0.25) is 5.02 Å². The van der Waals surface area contributed by atoms with Gasteiger partial charge in [-0.2, -0.15) is 0 Å². The van der Waals surface area contributed by atoms with Gasteiger partial charge in [0.05, 0.1) is 36.0 Å². The zero-order chi connectivity index (χ0) is 46.8. The van der Waals surface area contributed by atoms with Crippen LogP contribution in [0, 0.1) is 0 Å². The molecule has 6 aromatic carbocycles. The molecule has 4 aliphatic rings. The van der Waals surface area contributed by atoms with Crippen LogP contribution in [-0.4, -0.2) is 85.5 Å². The topological polar surface area (TPSA) is 109 Å². The minimum absolute atomic E-state index is 0.106. The van der Waals surface area contributed by atoms with Crippen LogP contribution in [0.4, 0.5) is 11.4 Å². The highest BCUT2D eigenvalue weighted by molar-refractivity contribution is 7.92. The van der Waals surface area contributed by atoms with Crippen molar-refractivity contribution in [2.24, 2.45) is 0 Å². The maximum Gasteiger partial charge on any atom is 0.232 e. The van der Waals surface area contributed by atoms with Crippen molar-refractivity contribution in [2.45, 2.75) is 49.6 Å². The molecule has 11 nitrogen and oxygen atoms in total. The fourth-order valence-corrected chi connectivity index (χ4v) is 12.5. The first-order valence-corrected chi connectivity index (χ1v) is 26.8. The number of methoxy groups -OCH3 is 1. The quantitative estimate of drug-likeness (QED) is 0.125. The molecule has 0 aliphatic carbocycles. The largest absolute Gasteiger partial charge is 0.493 e. The van der Waals surface area contributed by atoms with E-state index >= 15 is 0 Å². The number of sulfonamides is 2. The molecule has 14 heteroatoms. The van der Waals surface area contributed by atoms with Crippen molar-refractivity contribution in [2.75, 3.05) is 67.5 Å². The van der Waals surface area contributed by atoms with Crippen LogP contribution in [0.15, 0.2) is 146 Å². The lowest BCUT2D eigenvalue weighted by atomic mass is 9.74. The number of hydrogen-bond acceptors (Lipinski definition) is 9. The Kier molecular flexibility index (Phi) is 13.3. The van der Waals surface area contributed by atoms with Crippen LogP contribution < -0.4 is 22.8 Å². The Morgan fingerprint density at radius 2 is 0.910 bits per heavy atom. The number of para-hydroxylation sites is 5. The number of halogens is 1. The van der Waals surface area contributed by atoms with Crippen LogP contribution in [0.1, 0.15) is 47.9 Å². The van der Waals surface area contributed by atoms with E-state index in [1.807, 2.05) is 109 Å². The molecule has 4 heterocycles. The summed E-state index contributed by atoms with van der Waals surface area (Å²) >= 11 is 6.23. The summed E-state index contributed by atoms with van der Waals surface area (Å²) in [6.07, 6.45) is 6.35. The number of likely N-dealkylation sites (tertiary alicyclic amines) is 2. The van der Waals surface area contributed by atoms with E-state index in [1.165, 1.54) is 34.8 Å². The summed E-state index contributed by atoms with van der Waals surface area (Å²) in [4.78, 5) is 4.88. The molecule has 0 bridgehead atoms. The Balaban J connectivity index is 0.000000168. The molecule has 0 atom stereocenters. The van der Waals surface area contributed by atoms with E-state index in [0.717, 1.165) is 87.8 Å². The second kappa shape index (κ2) is 19.2. The summed E-state index contributed by atoms with van der Waals surface area (Å²) < 4.78 is 70.3. The minimum atomic E-state index is -3.29. The Hall–Kier alpha value is -5.57. The van der Waals surface area contributed by atoms with Gasteiger partial charge in [0.2, 0.25) is 20.0 Å². The zero-order valence-corrected chi connectivity index (χ0v) is 40.6. The number of fused-ring (bicyclic) bond motifs is 4. The number of ether oxygens (including phenoxy) is 3. The molecule has 2 spiro atoms. The maximum absolute atomic E-state index is 12.4. The number of hydrogen-bond donors (Lipinski definition) is 0. The molecule has 6 aromatic rings. The predicted octanol–water partition coefficient (Wildman–Crippen LogP) is 10.2. The van der Waals surface area contributed by atoms with Crippen LogP contribution in [0.3, 0.4) is 0 Å². The number of nitrogens with zero attached hydrogens (tertiary/aromatic N) is 4. The lowest BCUT2D eigenvalue weighted by Crippen LogP contribution is -2.45. The third kappa shape index (κ3) is 10.2. The molecule has 0 unspecified atom stereocenters. The van der Waals surface area contributed by atoms with Gasteiger partial charge in [0.1, 0.15) is 17.2 Å². The fourth-order valence-electron chi connectivity index (χ4n) is 10.3. The Bertz CT molecular complexity index is 2950. The lowest BCUT2D eigenvalue weighted by molar-refractivity contribution is 0.161. The fraction of sp³-hybridized carbons (Fsp3) is 0.321. The molecule has 0 saturated carbocycles. The van der Waals surface area contributed by atoms with E-state index in [1.54, 1.807) is 15.7 Å². The van der Waals surface area contributed by atoms with E-state index in [9.17, 15) is 16.8 Å². The number of piperidine rings is 2. The number of anilines is 2. The minimum Gasteiger partial charge on any atom is -0.493 e. The van der Waals surface area contributed by atoms with Gasteiger partial charge in [-0.3, -0.25) is 18.4 Å². The Morgan fingerprint density at radius 1 is 0.507 bits per heavy atom. The molecule has 4 aliphatic heterocycles. The lowest BCUT2D eigenvalue weighted by Gasteiger charge is -2.40. The van der Waals surface area contributed by atoms with Crippen molar-refractivity contribution in [3.05, 3.63) is 173 Å². The highest BCUT2D eigenvalue weighted by Gasteiger charge is 2.48. The highest BCUT2D eigenvalue weighted by Crippen LogP contribution is 2.49. The average Bonchev–Trinajstić information content (AvgIpc) is 3.83. The monoisotopic (exact) mass is 960 g/mol. The van der Waals surface area contributed by atoms with E-state index in [0.29, 0.717) is 35.4 Å². The van der Waals surface area contributed by atoms with Gasteiger partial charge in [0, 0.05) is 37.0 Å². The van der Waals surface area contributed by atoms with Gasteiger partial charge in [0.25, 0.3) is 0 Å². The summed E-state index contributed by atoms with van der Waals surface area (Å²) in [7, 11) is -4.94. The average molecular weight is 962 g/mol. The van der Waals surface area contributed by atoms with E-state index < -0.39 is 20.0 Å². The summed E-state index contributed by atoms with van der Waals surface area (Å²) in [5.41, 5.74) is 6.19. The molecule has 0 amide bonds. The van der Waals surface area contributed by atoms with Crippen molar-refractivity contribution < 1.29 is 31.0 Å². The molecule has 2 fully saturated rings. The van der Waals surface area contributed by atoms with Crippen molar-refractivity contribution in [3.8, 4) is 28.7 Å². The highest BCUT2D eigenvalue weighted by atomic mass is 35.5. The normalized spacial score (nSPS) is 17.7. The Labute approximate surface area is 400 Å². The van der Waals surface area contributed by atoms with E-state index in [2.05, 4.69) is 46.2 Å². The molecule has 350 valence electrons. The Morgan fingerprint density at radius 3 is 1.36 bits per heavy atom. The molecule has 0 N–H and O–H groups in total. The second-order valence-electron chi connectivity index (χ2n) is 18.3. The first-order valence-electron chi connectivity index (χ1n) is 22.7. The first kappa shape index (κ1) is 46.5. The third-order valence-electron chi connectivity index (χ3n) is 13.8. The molecule has 0 radical (unpaired) electrons. The van der Waals surface area contributed by atoms with Gasteiger partial charge in [-0.05, 0) is 135 Å². The van der Waals surface area contributed by atoms with Crippen molar-refractivity contribution in [3.63, 3.8) is 0 Å². The second-order valence-corrected chi connectivity index (χ2v) is 22.5. The molecular formula is C53H57ClN4O7S2. The molecule has 10 rings (SSSR count). The molecule has 67 heavy (non-hydrogen) atoms. The standard InChI is InChI=1S/C27H30N2O4S.C26H27ClN2O3S/c1-32-25-12-5-6-13-26(25)33-22-9-7-8-21(18-22)19-28-16-14-27(15-17-28)20-29(34(2,30)31)24-11-4-3-10-23(24)27;1-33(30,31)29-19-26(22-9-2-4-11-24(22)29)13-15-28(16-14-26)18-20-7-6-8-21(17-20)32-25-12-5-3-10-23(25)27/h3-13,18H,14-17,19-20H2,1-2H3;2-12,17H,13-16,18-19H2,1H3. The van der Waals surface area contributed by atoms with Crippen molar-refractivity contribution in [1.82, 2.24) is 9.80 Å². The van der Waals surface area contributed by atoms with Crippen LogP contribution in [0.25, 0.3) is 0 Å². The summed E-state index contributed by atoms with van der Waals surface area (Å²) in [5.74, 6) is 3.59.